The van der Waals surface area contributed by atoms with Gasteiger partial charge in [-0.3, -0.25) is 0 Å². The fourth-order valence-corrected chi connectivity index (χ4v) is 5.10. The van der Waals surface area contributed by atoms with Crippen LogP contribution in [0.2, 0.25) is 54.4 Å². The molecule has 0 heterocycles. The van der Waals surface area contributed by atoms with Crippen LogP contribution in [-0.2, 0) is 4.43 Å². The molecule has 0 amide bonds. The van der Waals surface area contributed by atoms with Crippen molar-refractivity contribution in [1.82, 2.24) is 0 Å². The predicted octanol–water partition coefficient (Wildman–Crippen LogP) is 8.62. The maximum atomic E-state index is 13.7. The van der Waals surface area contributed by atoms with Gasteiger partial charge in [-0.1, -0.05) is 68.4 Å². The van der Waals surface area contributed by atoms with Crippen LogP contribution in [0.15, 0.2) is 18.2 Å². The van der Waals surface area contributed by atoms with Gasteiger partial charge in [0.15, 0.2) is 0 Å². The summed E-state index contributed by atoms with van der Waals surface area (Å²) in [6, 6.07) is 5.70. The summed E-state index contributed by atoms with van der Waals surface area (Å²) in [5.41, 5.74) is 0.437. The molecule has 32 heavy (non-hydrogen) atoms. The third-order valence-electron chi connectivity index (χ3n) is 7.69. The molecule has 0 aliphatic rings. The van der Waals surface area contributed by atoms with Crippen LogP contribution in [0, 0.1) is 0 Å². The Balaban J connectivity index is 3.64. The van der Waals surface area contributed by atoms with Gasteiger partial charge in [-0.25, -0.2) is 4.79 Å². The van der Waals surface area contributed by atoms with E-state index in [4.69, 9.17) is 13.3 Å². The quantitative estimate of drug-likeness (QED) is 0.370. The number of hydrogen-bond acceptors (Lipinski definition) is 4. The Labute approximate surface area is 200 Å². The van der Waals surface area contributed by atoms with E-state index >= 15 is 0 Å². The first kappa shape index (κ1) is 29.0. The number of hydrogen-bond donors (Lipinski definition) is 0. The zero-order valence-electron chi connectivity index (χ0n) is 23.4. The van der Waals surface area contributed by atoms with Crippen molar-refractivity contribution in [2.45, 2.75) is 117 Å². The van der Waals surface area contributed by atoms with Gasteiger partial charge in [0.05, 0.1) is 0 Å². The lowest BCUT2D eigenvalue weighted by Gasteiger charge is -2.39. The van der Waals surface area contributed by atoms with E-state index in [0.717, 1.165) is 0 Å². The summed E-state index contributed by atoms with van der Waals surface area (Å²) in [6.07, 6.45) is 0. The summed E-state index contributed by atoms with van der Waals surface area (Å²) >= 11 is 0. The molecule has 0 bridgehead atoms. The van der Waals surface area contributed by atoms with Crippen molar-refractivity contribution < 1.29 is 18.1 Å². The van der Waals surface area contributed by atoms with E-state index in [9.17, 15) is 4.79 Å². The van der Waals surface area contributed by atoms with Gasteiger partial charge in [0.25, 0.3) is 25.0 Å². The van der Waals surface area contributed by atoms with Gasteiger partial charge < -0.3 is 13.3 Å². The Hall–Kier alpha value is -1.06. The molecule has 0 spiro atoms. The monoisotopic (exact) mass is 496 g/mol. The van der Waals surface area contributed by atoms with Crippen LogP contribution in [0.3, 0.4) is 0 Å². The highest BCUT2D eigenvalue weighted by atomic mass is 28.4. The Morgan fingerprint density at radius 2 is 0.938 bits per heavy atom. The maximum absolute atomic E-state index is 13.7. The number of carbonyl (C=O) groups is 1. The van der Waals surface area contributed by atoms with E-state index in [1.165, 1.54) is 0 Å². The van der Waals surface area contributed by atoms with E-state index < -0.39 is 25.0 Å². The first-order valence-electron chi connectivity index (χ1n) is 11.7. The SMILES string of the molecule is CC(C)(C)[Si](C)(C)OC(=O)c1c(O[Si](C)(C)C(C)(C)C)cccc1O[Si](C)(C)C(C)(C)C. The molecule has 0 saturated carbocycles. The number of benzene rings is 1. The molecule has 1 aromatic carbocycles. The topological polar surface area (TPSA) is 44.8 Å². The van der Waals surface area contributed by atoms with Crippen molar-refractivity contribution >= 4 is 30.9 Å². The fourth-order valence-electron chi connectivity index (χ4n) is 2.17. The second-order valence-electron chi connectivity index (χ2n) is 13.5. The minimum absolute atomic E-state index is 0.00387. The summed E-state index contributed by atoms with van der Waals surface area (Å²) in [5.74, 6) is 0.827. The smallest absolute Gasteiger partial charge is 0.332 e. The molecule has 0 saturated heterocycles. The van der Waals surface area contributed by atoms with Crippen LogP contribution in [0.25, 0.3) is 0 Å². The molecule has 0 aliphatic carbocycles. The van der Waals surface area contributed by atoms with Crippen LogP contribution in [0.4, 0.5) is 0 Å². The van der Waals surface area contributed by atoms with Crippen molar-refractivity contribution in [3.8, 4) is 11.5 Å². The zero-order valence-corrected chi connectivity index (χ0v) is 26.4. The Morgan fingerprint density at radius 3 is 1.22 bits per heavy atom. The van der Waals surface area contributed by atoms with Crippen LogP contribution in [0.5, 0.6) is 11.5 Å². The highest BCUT2D eigenvalue weighted by Crippen LogP contribution is 2.44. The van der Waals surface area contributed by atoms with Gasteiger partial charge in [0.1, 0.15) is 17.1 Å². The van der Waals surface area contributed by atoms with Crippen molar-refractivity contribution in [2.24, 2.45) is 0 Å². The third kappa shape index (κ3) is 6.50. The average Bonchev–Trinajstić information content (AvgIpc) is 2.50. The summed E-state index contributed by atoms with van der Waals surface area (Å²) in [6.45, 7) is 32.5. The lowest BCUT2D eigenvalue weighted by atomic mass is 10.2. The maximum Gasteiger partial charge on any atom is 0.332 e. The van der Waals surface area contributed by atoms with Gasteiger partial charge in [-0.15, -0.1) is 0 Å². The predicted molar refractivity (Wildman–Crippen MR) is 145 cm³/mol. The molecule has 0 aliphatic heterocycles. The molecule has 184 valence electrons. The molecule has 1 aromatic rings. The van der Waals surface area contributed by atoms with Crippen LogP contribution in [0.1, 0.15) is 72.7 Å². The van der Waals surface area contributed by atoms with Crippen LogP contribution < -0.4 is 8.85 Å². The molecular formula is C25H48O4Si3. The summed E-state index contributed by atoms with van der Waals surface area (Å²) < 4.78 is 19.5. The number of rotatable bonds is 6. The second-order valence-corrected chi connectivity index (χ2v) is 27.7. The summed E-state index contributed by atoms with van der Waals surface area (Å²) in [7, 11) is -6.68. The molecule has 7 heteroatoms. The van der Waals surface area contributed by atoms with Crippen molar-refractivity contribution in [3.63, 3.8) is 0 Å². The minimum atomic E-state index is -2.33. The normalized spacial score (nSPS) is 14.2. The van der Waals surface area contributed by atoms with Gasteiger partial charge in [-0.05, 0) is 66.5 Å². The average molecular weight is 497 g/mol. The molecular weight excluding hydrogens is 449 g/mol. The molecule has 0 fully saturated rings. The van der Waals surface area contributed by atoms with Gasteiger partial charge >= 0.3 is 5.97 Å². The molecule has 0 N–H and O–H groups in total. The third-order valence-corrected chi connectivity index (χ3v) is 20.7. The van der Waals surface area contributed by atoms with Crippen LogP contribution >= 0.6 is 0 Å². The highest BCUT2D eigenvalue weighted by molar-refractivity contribution is 6.76. The van der Waals surface area contributed by atoms with E-state index in [1.54, 1.807) is 0 Å². The molecule has 1 rings (SSSR count). The lowest BCUT2D eigenvalue weighted by Crippen LogP contribution is -2.46. The molecule has 0 unspecified atom stereocenters. The summed E-state index contributed by atoms with van der Waals surface area (Å²) in [4.78, 5) is 13.7. The molecule has 0 aromatic heterocycles. The Morgan fingerprint density at radius 1 is 0.625 bits per heavy atom. The molecule has 4 nitrogen and oxygen atoms in total. The van der Waals surface area contributed by atoms with Crippen molar-refractivity contribution in [2.75, 3.05) is 0 Å². The zero-order chi connectivity index (χ0) is 25.6. The van der Waals surface area contributed by atoms with Crippen molar-refractivity contribution in [1.29, 1.82) is 0 Å². The fraction of sp³-hybridized carbons (Fsp3) is 0.720. The molecule has 0 radical (unpaired) electrons. The second kappa shape index (κ2) is 8.95. The van der Waals surface area contributed by atoms with Crippen LogP contribution in [-0.4, -0.2) is 30.9 Å². The van der Waals surface area contributed by atoms with Gasteiger partial charge in [0.2, 0.25) is 0 Å². The standard InChI is InChI=1S/C25H48O4Si3/c1-23(2,3)30(10,11)27-19-17-16-18-20(28-31(12,13)24(4,5)6)21(19)22(26)29-32(14,15)25(7,8)9/h16-18H,1-15H3. The molecule has 0 atom stereocenters. The Kier molecular flexibility index (Phi) is 8.10. The lowest BCUT2D eigenvalue weighted by molar-refractivity contribution is 0.0708. The summed E-state index contributed by atoms with van der Waals surface area (Å²) in [5, 5.41) is -0.0772. The number of carbonyl (C=O) groups excluding carboxylic acids is 1. The van der Waals surface area contributed by atoms with E-state index in [-0.39, 0.29) is 21.1 Å². The first-order valence-corrected chi connectivity index (χ1v) is 20.4. The highest BCUT2D eigenvalue weighted by Gasteiger charge is 2.45. The Bertz CT molecular complexity index is 777. The first-order chi connectivity index (χ1) is 13.9. The van der Waals surface area contributed by atoms with E-state index in [0.29, 0.717) is 17.1 Å². The van der Waals surface area contributed by atoms with Gasteiger partial charge in [0, 0.05) is 0 Å². The van der Waals surface area contributed by atoms with Gasteiger partial charge in [-0.2, -0.15) is 0 Å². The largest absolute Gasteiger partial charge is 0.543 e. The van der Waals surface area contributed by atoms with E-state index in [2.05, 4.69) is 102 Å². The minimum Gasteiger partial charge on any atom is -0.543 e. The van der Waals surface area contributed by atoms with E-state index in [1.807, 2.05) is 18.2 Å². The van der Waals surface area contributed by atoms with Crippen molar-refractivity contribution in [3.05, 3.63) is 23.8 Å².